The van der Waals surface area contributed by atoms with Gasteiger partial charge >= 0.3 is 6.18 Å². The van der Waals surface area contributed by atoms with Crippen molar-refractivity contribution in [3.63, 3.8) is 0 Å². The largest absolute Gasteiger partial charge is 0.416 e. The first-order valence-electron chi connectivity index (χ1n) is 7.03. The monoisotopic (exact) mass is 286 g/mol. The number of halogens is 3. The lowest BCUT2D eigenvalue weighted by Gasteiger charge is -2.32. The van der Waals surface area contributed by atoms with Crippen LogP contribution in [0.25, 0.3) is 0 Å². The Hall–Kier alpha value is -1.07. The smallest absolute Gasteiger partial charge is 0.304 e. The molecule has 0 unspecified atom stereocenters. The summed E-state index contributed by atoms with van der Waals surface area (Å²) in [6.45, 7) is 4.98. The van der Waals surface area contributed by atoms with Crippen molar-refractivity contribution in [1.82, 2.24) is 9.80 Å². The average molecular weight is 286 g/mol. The SMILES string of the molecule is CN1CCN(CCCc2ccccc2C(F)(F)F)CC1. The molecule has 20 heavy (non-hydrogen) atoms. The first-order chi connectivity index (χ1) is 9.47. The van der Waals surface area contributed by atoms with Crippen molar-refractivity contribution in [2.75, 3.05) is 39.8 Å². The van der Waals surface area contributed by atoms with Gasteiger partial charge in [0.25, 0.3) is 0 Å². The van der Waals surface area contributed by atoms with Gasteiger partial charge < -0.3 is 9.80 Å². The second kappa shape index (κ2) is 6.59. The molecule has 1 fully saturated rings. The van der Waals surface area contributed by atoms with E-state index in [1.807, 2.05) is 0 Å². The number of alkyl halides is 3. The third-order valence-corrected chi connectivity index (χ3v) is 3.84. The lowest BCUT2D eigenvalue weighted by molar-refractivity contribution is -0.138. The van der Waals surface area contributed by atoms with Crippen molar-refractivity contribution >= 4 is 0 Å². The Bertz CT molecular complexity index is 423. The van der Waals surface area contributed by atoms with Crippen molar-refractivity contribution in [2.45, 2.75) is 19.0 Å². The van der Waals surface area contributed by atoms with Gasteiger partial charge in [0.05, 0.1) is 5.56 Å². The Morgan fingerprint density at radius 3 is 2.35 bits per heavy atom. The minimum absolute atomic E-state index is 0.411. The summed E-state index contributed by atoms with van der Waals surface area (Å²) in [5.41, 5.74) is -0.0764. The van der Waals surface area contributed by atoms with Crippen molar-refractivity contribution in [2.24, 2.45) is 0 Å². The van der Waals surface area contributed by atoms with Crippen LogP contribution >= 0.6 is 0 Å². The molecule has 1 saturated heterocycles. The number of likely N-dealkylation sites (N-methyl/N-ethyl adjacent to an activating group) is 1. The number of piperazine rings is 1. The Morgan fingerprint density at radius 2 is 1.70 bits per heavy atom. The summed E-state index contributed by atoms with van der Waals surface area (Å²) in [5.74, 6) is 0. The maximum atomic E-state index is 12.9. The van der Waals surface area contributed by atoms with Crippen LogP contribution in [0, 0.1) is 0 Å². The van der Waals surface area contributed by atoms with Gasteiger partial charge in [-0.25, -0.2) is 0 Å². The number of hydrogen-bond donors (Lipinski definition) is 0. The standard InChI is InChI=1S/C15H21F3N2/c1-19-9-11-20(12-10-19)8-4-6-13-5-2-3-7-14(13)15(16,17)18/h2-3,5,7H,4,6,8-12H2,1H3. The highest BCUT2D eigenvalue weighted by Crippen LogP contribution is 2.32. The molecule has 0 aromatic heterocycles. The molecule has 1 heterocycles. The van der Waals surface area contributed by atoms with E-state index in [-0.39, 0.29) is 0 Å². The van der Waals surface area contributed by atoms with Gasteiger partial charge in [0.2, 0.25) is 0 Å². The molecule has 0 N–H and O–H groups in total. The van der Waals surface area contributed by atoms with Gasteiger partial charge in [0.1, 0.15) is 0 Å². The third kappa shape index (κ3) is 4.21. The van der Waals surface area contributed by atoms with Crippen LogP contribution in [0.4, 0.5) is 13.2 Å². The predicted octanol–water partition coefficient (Wildman–Crippen LogP) is 2.89. The van der Waals surface area contributed by atoms with E-state index in [2.05, 4.69) is 16.8 Å². The van der Waals surface area contributed by atoms with Gasteiger partial charge in [-0.1, -0.05) is 18.2 Å². The summed E-state index contributed by atoms with van der Waals surface area (Å²) in [6, 6.07) is 5.89. The van der Waals surface area contributed by atoms with Crippen LogP contribution in [0.5, 0.6) is 0 Å². The molecule has 0 aliphatic carbocycles. The van der Waals surface area contributed by atoms with E-state index in [4.69, 9.17) is 0 Å². The molecular formula is C15H21F3N2. The summed E-state index contributed by atoms with van der Waals surface area (Å²) in [5, 5.41) is 0. The number of hydrogen-bond acceptors (Lipinski definition) is 2. The maximum absolute atomic E-state index is 12.9. The molecule has 1 aromatic rings. The number of benzene rings is 1. The Kier molecular flexibility index (Phi) is 5.05. The molecule has 1 aliphatic rings. The van der Waals surface area contributed by atoms with E-state index < -0.39 is 11.7 Å². The number of rotatable bonds is 4. The summed E-state index contributed by atoms with van der Waals surface area (Å²) in [6.07, 6.45) is -2.98. The minimum Gasteiger partial charge on any atom is -0.304 e. The van der Waals surface area contributed by atoms with Crippen LogP contribution in [-0.4, -0.2) is 49.6 Å². The normalized spacial score (nSPS) is 18.4. The molecule has 0 saturated carbocycles. The summed E-state index contributed by atoms with van der Waals surface area (Å²) >= 11 is 0. The topological polar surface area (TPSA) is 6.48 Å². The molecule has 0 amide bonds. The van der Waals surface area contributed by atoms with Gasteiger partial charge in [-0.2, -0.15) is 13.2 Å². The Balaban J connectivity index is 1.85. The van der Waals surface area contributed by atoms with Crippen molar-refractivity contribution in [1.29, 1.82) is 0 Å². The Labute approximate surface area is 118 Å². The quantitative estimate of drug-likeness (QED) is 0.840. The first kappa shape index (κ1) is 15.3. The minimum atomic E-state index is -4.25. The molecule has 1 aromatic carbocycles. The van der Waals surface area contributed by atoms with Crippen LogP contribution in [-0.2, 0) is 12.6 Å². The van der Waals surface area contributed by atoms with Gasteiger partial charge in [-0.15, -0.1) is 0 Å². The second-order valence-electron chi connectivity index (χ2n) is 5.40. The highest BCUT2D eigenvalue weighted by molar-refractivity contribution is 5.29. The van der Waals surface area contributed by atoms with Gasteiger partial charge in [-0.05, 0) is 38.1 Å². The van der Waals surface area contributed by atoms with Crippen molar-refractivity contribution < 1.29 is 13.2 Å². The molecule has 0 spiro atoms. The first-order valence-corrected chi connectivity index (χ1v) is 7.03. The summed E-state index contributed by atoms with van der Waals surface area (Å²) in [7, 11) is 2.09. The van der Waals surface area contributed by atoms with Crippen molar-refractivity contribution in [3.05, 3.63) is 35.4 Å². The molecule has 0 radical (unpaired) electrons. The van der Waals surface area contributed by atoms with E-state index in [0.717, 1.165) is 39.1 Å². The molecule has 0 atom stereocenters. The fourth-order valence-electron chi connectivity index (χ4n) is 2.58. The van der Waals surface area contributed by atoms with Crippen LogP contribution in [0.2, 0.25) is 0 Å². The third-order valence-electron chi connectivity index (χ3n) is 3.84. The highest BCUT2D eigenvalue weighted by atomic mass is 19.4. The lowest BCUT2D eigenvalue weighted by Crippen LogP contribution is -2.44. The highest BCUT2D eigenvalue weighted by Gasteiger charge is 2.32. The zero-order chi connectivity index (χ0) is 14.6. The van der Waals surface area contributed by atoms with E-state index in [1.54, 1.807) is 12.1 Å². The van der Waals surface area contributed by atoms with Crippen LogP contribution in [0.3, 0.4) is 0 Å². The zero-order valence-electron chi connectivity index (χ0n) is 11.8. The molecular weight excluding hydrogens is 265 g/mol. The molecule has 5 heteroatoms. The summed E-state index contributed by atoms with van der Waals surface area (Å²) < 4.78 is 38.6. The van der Waals surface area contributed by atoms with E-state index in [1.165, 1.54) is 12.1 Å². The van der Waals surface area contributed by atoms with Crippen LogP contribution in [0.1, 0.15) is 17.5 Å². The fraction of sp³-hybridized carbons (Fsp3) is 0.600. The maximum Gasteiger partial charge on any atom is 0.416 e. The molecule has 112 valence electrons. The average Bonchev–Trinajstić information content (AvgIpc) is 2.40. The molecule has 1 aliphatic heterocycles. The van der Waals surface area contributed by atoms with E-state index >= 15 is 0 Å². The van der Waals surface area contributed by atoms with Gasteiger partial charge in [0, 0.05) is 26.2 Å². The summed E-state index contributed by atoms with van der Waals surface area (Å²) in [4.78, 5) is 4.60. The van der Waals surface area contributed by atoms with Crippen LogP contribution < -0.4 is 0 Å². The molecule has 2 nitrogen and oxygen atoms in total. The van der Waals surface area contributed by atoms with E-state index in [9.17, 15) is 13.2 Å². The number of nitrogens with zero attached hydrogens (tertiary/aromatic N) is 2. The lowest BCUT2D eigenvalue weighted by atomic mass is 10.0. The van der Waals surface area contributed by atoms with Crippen molar-refractivity contribution in [3.8, 4) is 0 Å². The fourth-order valence-corrected chi connectivity index (χ4v) is 2.58. The van der Waals surface area contributed by atoms with Gasteiger partial charge in [0.15, 0.2) is 0 Å². The van der Waals surface area contributed by atoms with Crippen LogP contribution in [0.15, 0.2) is 24.3 Å². The second-order valence-corrected chi connectivity index (χ2v) is 5.40. The van der Waals surface area contributed by atoms with Gasteiger partial charge in [-0.3, -0.25) is 0 Å². The molecule has 0 bridgehead atoms. The van der Waals surface area contributed by atoms with E-state index in [0.29, 0.717) is 12.0 Å². The zero-order valence-corrected chi connectivity index (χ0v) is 11.8. The molecule has 2 rings (SSSR count). The predicted molar refractivity (Wildman–Crippen MR) is 73.7 cm³/mol. The Morgan fingerprint density at radius 1 is 1.05 bits per heavy atom. The number of aryl methyl sites for hydroxylation is 1.